The van der Waals surface area contributed by atoms with Crippen molar-refractivity contribution in [2.24, 2.45) is 0 Å². The molecular weight excluding hydrogens is 288 g/mol. The van der Waals surface area contributed by atoms with Crippen LogP contribution in [0.1, 0.15) is 39.2 Å². The molecule has 0 radical (unpaired) electrons. The highest BCUT2D eigenvalue weighted by molar-refractivity contribution is 7.11. The molecule has 5 nitrogen and oxygen atoms in total. The minimum Gasteiger partial charge on any atom is -0.476 e. The Balaban J connectivity index is 1.85. The van der Waals surface area contributed by atoms with E-state index in [1.807, 2.05) is 25.1 Å². The molecule has 0 aliphatic heterocycles. The topological polar surface area (TPSA) is 79.3 Å². The summed E-state index contributed by atoms with van der Waals surface area (Å²) in [6.07, 6.45) is 1.69. The number of thiazole rings is 1. The summed E-state index contributed by atoms with van der Waals surface area (Å²) in [7, 11) is 0. The van der Waals surface area contributed by atoms with Crippen molar-refractivity contribution >= 4 is 23.2 Å². The maximum Gasteiger partial charge on any atom is 0.355 e. The van der Waals surface area contributed by atoms with Gasteiger partial charge in [0.2, 0.25) is 0 Å². The summed E-state index contributed by atoms with van der Waals surface area (Å²) < 4.78 is 0. The highest BCUT2D eigenvalue weighted by atomic mass is 32.1. The van der Waals surface area contributed by atoms with Gasteiger partial charge in [-0.2, -0.15) is 0 Å². The first kappa shape index (κ1) is 15.2. The van der Waals surface area contributed by atoms with E-state index in [2.05, 4.69) is 22.4 Å². The van der Waals surface area contributed by atoms with E-state index in [9.17, 15) is 9.59 Å². The molecule has 21 heavy (non-hydrogen) atoms. The van der Waals surface area contributed by atoms with Crippen molar-refractivity contribution < 1.29 is 14.7 Å². The van der Waals surface area contributed by atoms with Gasteiger partial charge in [0.1, 0.15) is 0 Å². The first-order chi connectivity index (χ1) is 10.1. The van der Waals surface area contributed by atoms with Gasteiger partial charge in [-0.25, -0.2) is 9.78 Å². The normalized spacial score (nSPS) is 11.9. The zero-order chi connectivity index (χ0) is 15.2. The highest BCUT2D eigenvalue weighted by Crippen LogP contribution is 2.11. The second-order valence-electron chi connectivity index (χ2n) is 4.74. The predicted molar refractivity (Wildman–Crippen MR) is 80.8 cm³/mol. The van der Waals surface area contributed by atoms with Gasteiger partial charge in [0, 0.05) is 11.4 Å². The molecular formula is C15H16N2O3S. The summed E-state index contributed by atoms with van der Waals surface area (Å²) >= 11 is 1.04. The highest BCUT2D eigenvalue weighted by Gasteiger charge is 2.16. The molecule has 0 saturated heterocycles. The third-order valence-corrected chi connectivity index (χ3v) is 3.84. The lowest BCUT2D eigenvalue weighted by Crippen LogP contribution is -2.32. The van der Waals surface area contributed by atoms with Gasteiger partial charge in [0.15, 0.2) is 10.7 Å². The molecule has 0 aliphatic rings. The number of carbonyl (C=O) groups excluding carboxylic acids is 1. The van der Waals surface area contributed by atoms with E-state index in [1.54, 1.807) is 0 Å². The molecule has 1 amide bonds. The number of aryl methyl sites for hydroxylation is 1. The average Bonchev–Trinajstić information content (AvgIpc) is 2.96. The molecule has 0 spiro atoms. The summed E-state index contributed by atoms with van der Waals surface area (Å²) in [6, 6.07) is 10.0. The van der Waals surface area contributed by atoms with Crippen molar-refractivity contribution in [1.82, 2.24) is 10.3 Å². The number of rotatable bonds is 6. The number of nitrogens with one attached hydrogen (secondary N) is 1. The van der Waals surface area contributed by atoms with Crippen molar-refractivity contribution in [3.63, 3.8) is 0 Å². The Morgan fingerprint density at radius 1 is 1.33 bits per heavy atom. The molecule has 1 aromatic heterocycles. The summed E-state index contributed by atoms with van der Waals surface area (Å²) in [5.41, 5.74) is 1.13. The lowest BCUT2D eigenvalue weighted by molar-refractivity contribution is 0.0691. The number of carbonyl (C=O) groups is 2. The summed E-state index contributed by atoms with van der Waals surface area (Å²) in [5, 5.41) is 13.2. The van der Waals surface area contributed by atoms with Gasteiger partial charge < -0.3 is 10.4 Å². The van der Waals surface area contributed by atoms with Crippen LogP contribution < -0.4 is 5.32 Å². The Labute approximate surface area is 126 Å². The molecule has 0 fully saturated rings. The van der Waals surface area contributed by atoms with Crippen LogP contribution in [0, 0.1) is 0 Å². The molecule has 6 heteroatoms. The zero-order valence-electron chi connectivity index (χ0n) is 11.6. The van der Waals surface area contributed by atoms with E-state index in [0.29, 0.717) is 0 Å². The third-order valence-electron chi connectivity index (χ3n) is 3.00. The van der Waals surface area contributed by atoms with Crippen molar-refractivity contribution in [2.45, 2.75) is 25.8 Å². The van der Waals surface area contributed by atoms with Crippen LogP contribution in [-0.4, -0.2) is 28.0 Å². The zero-order valence-corrected chi connectivity index (χ0v) is 12.4. The van der Waals surface area contributed by atoms with E-state index in [0.717, 1.165) is 24.2 Å². The number of nitrogens with zero attached hydrogens (tertiary/aromatic N) is 1. The summed E-state index contributed by atoms with van der Waals surface area (Å²) in [5.74, 6) is -1.45. The van der Waals surface area contributed by atoms with Crippen LogP contribution in [-0.2, 0) is 6.42 Å². The van der Waals surface area contributed by atoms with Crippen LogP contribution in [0.15, 0.2) is 35.7 Å². The summed E-state index contributed by atoms with van der Waals surface area (Å²) in [4.78, 5) is 26.5. The number of hydrogen-bond acceptors (Lipinski definition) is 4. The maximum absolute atomic E-state index is 11.9. The van der Waals surface area contributed by atoms with Crippen LogP contribution in [0.2, 0.25) is 0 Å². The van der Waals surface area contributed by atoms with Gasteiger partial charge >= 0.3 is 5.97 Å². The Kier molecular flexibility index (Phi) is 5.05. The smallest absolute Gasteiger partial charge is 0.355 e. The molecule has 1 heterocycles. The quantitative estimate of drug-likeness (QED) is 0.859. The fraction of sp³-hybridized carbons (Fsp3) is 0.267. The van der Waals surface area contributed by atoms with Crippen LogP contribution in [0.25, 0.3) is 0 Å². The van der Waals surface area contributed by atoms with E-state index in [-0.39, 0.29) is 22.7 Å². The number of aromatic carboxylic acids is 1. The van der Waals surface area contributed by atoms with Gasteiger partial charge in [-0.3, -0.25) is 4.79 Å². The average molecular weight is 304 g/mol. The molecule has 2 aromatic rings. The standard InChI is InChI=1S/C15H16N2O3S/c1-10(7-8-11-5-3-2-4-6-11)16-13(18)14-17-12(9-21-14)15(19)20/h2-6,9-10H,7-8H2,1H3,(H,16,18)(H,19,20). The van der Waals surface area contributed by atoms with E-state index < -0.39 is 5.97 Å². The van der Waals surface area contributed by atoms with Crippen LogP contribution in [0.5, 0.6) is 0 Å². The van der Waals surface area contributed by atoms with E-state index in [1.165, 1.54) is 10.9 Å². The second kappa shape index (κ2) is 6.99. The Bertz CT molecular complexity index is 625. The van der Waals surface area contributed by atoms with Crippen LogP contribution in [0.3, 0.4) is 0 Å². The molecule has 0 bridgehead atoms. The van der Waals surface area contributed by atoms with Crippen LogP contribution >= 0.6 is 11.3 Å². The third kappa shape index (κ3) is 4.39. The number of carboxylic acids is 1. The molecule has 1 unspecified atom stereocenters. The molecule has 2 rings (SSSR count). The molecule has 1 atom stereocenters. The number of aromatic nitrogens is 1. The van der Waals surface area contributed by atoms with Gasteiger partial charge in [-0.05, 0) is 25.3 Å². The molecule has 110 valence electrons. The predicted octanol–water partition coefficient (Wildman–Crippen LogP) is 2.59. The number of hydrogen-bond donors (Lipinski definition) is 2. The van der Waals surface area contributed by atoms with Crippen molar-refractivity contribution in [3.05, 3.63) is 52.0 Å². The van der Waals surface area contributed by atoms with Gasteiger partial charge in [0.05, 0.1) is 0 Å². The first-order valence-electron chi connectivity index (χ1n) is 6.60. The maximum atomic E-state index is 11.9. The lowest BCUT2D eigenvalue weighted by Gasteiger charge is -2.12. The SMILES string of the molecule is CC(CCc1ccccc1)NC(=O)c1nc(C(=O)O)cs1. The Morgan fingerprint density at radius 2 is 2.05 bits per heavy atom. The van der Waals surface area contributed by atoms with E-state index >= 15 is 0 Å². The van der Waals surface area contributed by atoms with Gasteiger partial charge in [-0.15, -0.1) is 11.3 Å². The van der Waals surface area contributed by atoms with Crippen molar-refractivity contribution in [2.75, 3.05) is 0 Å². The fourth-order valence-corrected chi connectivity index (χ4v) is 2.56. The van der Waals surface area contributed by atoms with E-state index in [4.69, 9.17) is 5.11 Å². The first-order valence-corrected chi connectivity index (χ1v) is 7.48. The molecule has 0 aliphatic carbocycles. The minimum absolute atomic E-state index is 0.00474. The summed E-state index contributed by atoms with van der Waals surface area (Å²) in [6.45, 7) is 1.92. The lowest BCUT2D eigenvalue weighted by atomic mass is 10.1. The van der Waals surface area contributed by atoms with Crippen LogP contribution in [0.4, 0.5) is 0 Å². The van der Waals surface area contributed by atoms with Gasteiger partial charge in [-0.1, -0.05) is 30.3 Å². The fourth-order valence-electron chi connectivity index (χ4n) is 1.86. The number of benzene rings is 1. The van der Waals surface area contributed by atoms with Crippen molar-refractivity contribution in [3.8, 4) is 0 Å². The van der Waals surface area contributed by atoms with Gasteiger partial charge in [0.25, 0.3) is 5.91 Å². The molecule has 0 saturated carbocycles. The second-order valence-corrected chi connectivity index (χ2v) is 5.60. The molecule has 1 aromatic carbocycles. The minimum atomic E-state index is -1.12. The Hall–Kier alpha value is -2.21. The Morgan fingerprint density at radius 3 is 2.67 bits per heavy atom. The van der Waals surface area contributed by atoms with Crippen molar-refractivity contribution in [1.29, 1.82) is 0 Å². The monoisotopic (exact) mass is 304 g/mol. The largest absolute Gasteiger partial charge is 0.476 e. The number of carboxylic acid groups (broad SMARTS) is 1. The molecule has 2 N–H and O–H groups in total. The number of amides is 1.